The molecular weight excluding hydrogens is 230 g/mol. The molecule has 0 unspecified atom stereocenters. The fourth-order valence-corrected chi connectivity index (χ4v) is 1.95. The van der Waals surface area contributed by atoms with Crippen LogP contribution >= 0.6 is 0 Å². The van der Waals surface area contributed by atoms with Crippen molar-refractivity contribution in [2.75, 3.05) is 6.54 Å². The standard InChI is InChI=1S/C13H17N3O2/c1-8-9(2)18-10(3)12(8)13(17)15-5-4-11-6-14-7-16-11/h6-7H,4-5H2,1-3H3,(H,14,16)(H,15,17). The predicted octanol–water partition coefficient (Wildman–Crippen LogP) is 1.90. The van der Waals surface area contributed by atoms with Crippen molar-refractivity contribution < 1.29 is 9.21 Å². The van der Waals surface area contributed by atoms with Crippen LogP contribution in [-0.2, 0) is 6.42 Å². The molecule has 0 bridgehead atoms. The van der Waals surface area contributed by atoms with Gasteiger partial charge in [0.25, 0.3) is 5.91 Å². The highest BCUT2D eigenvalue weighted by molar-refractivity contribution is 5.96. The number of carbonyl (C=O) groups excluding carboxylic acids is 1. The summed E-state index contributed by atoms with van der Waals surface area (Å²) in [5.41, 5.74) is 2.57. The summed E-state index contributed by atoms with van der Waals surface area (Å²) >= 11 is 0. The second kappa shape index (κ2) is 5.08. The summed E-state index contributed by atoms with van der Waals surface area (Å²) in [5, 5.41) is 2.89. The van der Waals surface area contributed by atoms with E-state index >= 15 is 0 Å². The van der Waals surface area contributed by atoms with E-state index in [4.69, 9.17) is 4.42 Å². The molecule has 0 spiro atoms. The first kappa shape index (κ1) is 12.4. The van der Waals surface area contributed by atoms with Gasteiger partial charge in [-0.15, -0.1) is 0 Å². The van der Waals surface area contributed by atoms with Gasteiger partial charge < -0.3 is 14.7 Å². The number of H-pyrrole nitrogens is 1. The minimum Gasteiger partial charge on any atom is -0.466 e. The van der Waals surface area contributed by atoms with Crippen molar-refractivity contribution in [2.24, 2.45) is 0 Å². The molecule has 0 fully saturated rings. The minimum absolute atomic E-state index is 0.0821. The van der Waals surface area contributed by atoms with Gasteiger partial charge in [0.2, 0.25) is 0 Å². The van der Waals surface area contributed by atoms with Crippen LogP contribution in [0, 0.1) is 20.8 Å². The van der Waals surface area contributed by atoms with Crippen LogP contribution < -0.4 is 5.32 Å². The molecule has 0 aliphatic heterocycles. The fourth-order valence-electron chi connectivity index (χ4n) is 1.95. The van der Waals surface area contributed by atoms with Gasteiger partial charge in [0.05, 0.1) is 11.9 Å². The molecule has 0 radical (unpaired) electrons. The number of nitrogens with zero attached hydrogens (tertiary/aromatic N) is 1. The number of furan rings is 1. The predicted molar refractivity (Wildman–Crippen MR) is 67.5 cm³/mol. The lowest BCUT2D eigenvalue weighted by molar-refractivity contribution is 0.0952. The maximum atomic E-state index is 12.0. The van der Waals surface area contributed by atoms with E-state index in [-0.39, 0.29) is 5.91 Å². The zero-order valence-electron chi connectivity index (χ0n) is 10.8. The molecule has 2 aromatic rings. The largest absolute Gasteiger partial charge is 0.466 e. The number of carbonyl (C=O) groups is 1. The molecule has 0 saturated heterocycles. The molecule has 0 aliphatic carbocycles. The van der Waals surface area contributed by atoms with E-state index in [9.17, 15) is 4.79 Å². The highest BCUT2D eigenvalue weighted by Gasteiger charge is 2.17. The molecule has 0 atom stereocenters. The van der Waals surface area contributed by atoms with E-state index in [1.165, 1.54) is 0 Å². The van der Waals surface area contributed by atoms with Gasteiger partial charge in [-0.05, 0) is 20.8 Å². The number of aromatic amines is 1. The Morgan fingerprint density at radius 1 is 1.39 bits per heavy atom. The lowest BCUT2D eigenvalue weighted by Gasteiger charge is -2.04. The monoisotopic (exact) mass is 247 g/mol. The van der Waals surface area contributed by atoms with Gasteiger partial charge in [-0.2, -0.15) is 0 Å². The van der Waals surface area contributed by atoms with Crippen LogP contribution in [0.4, 0.5) is 0 Å². The summed E-state index contributed by atoms with van der Waals surface area (Å²) in [4.78, 5) is 19.0. The van der Waals surface area contributed by atoms with Crippen molar-refractivity contribution in [3.05, 3.63) is 40.9 Å². The van der Waals surface area contributed by atoms with Crippen LogP contribution in [0.1, 0.15) is 33.1 Å². The maximum Gasteiger partial charge on any atom is 0.255 e. The number of aromatic nitrogens is 2. The zero-order chi connectivity index (χ0) is 13.1. The van der Waals surface area contributed by atoms with Crippen molar-refractivity contribution >= 4 is 5.91 Å². The molecule has 0 saturated carbocycles. The topological polar surface area (TPSA) is 70.9 Å². The number of aryl methyl sites for hydroxylation is 2. The smallest absolute Gasteiger partial charge is 0.255 e. The van der Waals surface area contributed by atoms with Crippen molar-refractivity contribution in [3.63, 3.8) is 0 Å². The number of amides is 1. The van der Waals surface area contributed by atoms with Gasteiger partial charge in [0, 0.05) is 30.4 Å². The van der Waals surface area contributed by atoms with Gasteiger partial charge in [-0.3, -0.25) is 4.79 Å². The van der Waals surface area contributed by atoms with E-state index in [2.05, 4.69) is 15.3 Å². The Balaban J connectivity index is 1.95. The Kier molecular flexibility index (Phi) is 3.50. The number of rotatable bonds is 4. The number of hydrogen-bond acceptors (Lipinski definition) is 3. The molecule has 5 nitrogen and oxygen atoms in total. The number of hydrogen-bond donors (Lipinski definition) is 2. The Morgan fingerprint density at radius 2 is 2.17 bits per heavy atom. The highest BCUT2D eigenvalue weighted by Crippen LogP contribution is 2.20. The van der Waals surface area contributed by atoms with Crippen molar-refractivity contribution in [3.8, 4) is 0 Å². The molecule has 2 rings (SSSR count). The molecule has 0 aliphatic rings. The molecule has 5 heteroatoms. The third-order valence-corrected chi connectivity index (χ3v) is 3.02. The first-order chi connectivity index (χ1) is 8.59. The van der Waals surface area contributed by atoms with Crippen LogP contribution in [-0.4, -0.2) is 22.4 Å². The summed E-state index contributed by atoms with van der Waals surface area (Å²) in [6, 6.07) is 0. The summed E-state index contributed by atoms with van der Waals surface area (Å²) < 4.78 is 5.44. The Bertz CT molecular complexity index is 541. The molecule has 2 heterocycles. The van der Waals surface area contributed by atoms with Crippen molar-refractivity contribution in [2.45, 2.75) is 27.2 Å². The first-order valence-corrected chi connectivity index (χ1v) is 5.91. The van der Waals surface area contributed by atoms with Crippen LogP contribution in [0.15, 0.2) is 16.9 Å². The normalized spacial score (nSPS) is 10.6. The molecule has 2 N–H and O–H groups in total. The van der Waals surface area contributed by atoms with Crippen molar-refractivity contribution in [1.29, 1.82) is 0 Å². The van der Waals surface area contributed by atoms with Gasteiger partial charge in [-0.1, -0.05) is 0 Å². The molecule has 2 aromatic heterocycles. The third kappa shape index (κ3) is 2.45. The zero-order valence-corrected chi connectivity index (χ0v) is 10.8. The molecule has 18 heavy (non-hydrogen) atoms. The number of nitrogens with one attached hydrogen (secondary N) is 2. The summed E-state index contributed by atoms with van der Waals surface area (Å²) in [5.74, 6) is 1.39. The van der Waals surface area contributed by atoms with Gasteiger partial charge in [0.1, 0.15) is 11.5 Å². The maximum absolute atomic E-state index is 12.0. The highest BCUT2D eigenvalue weighted by atomic mass is 16.3. The second-order valence-electron chi connectivity index (χ2n) is 4.30. The third-order valence-electron chi connectivity index (χ3n) is 3.02. The van der Waals surface area contributed by atoms with E-state index in [1.54, 1.807) is 12.5 Å². The lowest BCUT2D eigenvalue weighted by atomic mass is 10.1. The average Bonchev–Trinajstić information content (AvgIpc) is 2.89. The summed E-state index contributed by atoms with van der Waals surface area (Å²) in [6.07, 6.45) is 4.12. The van der Waals surface area contributed by atoms with Crippen LogP contribution in [0.3, 0.4) is 0 Å². The van der Waals surface area contributed by atoms with E-state index in [0.717, 1.165) is 23.4 Å². The van der Waals surface area contributed by atoms with E-state index in [0.29, 0.717) is 17.9 Å². The molecule has 1 amide bonds. The SMILES string of the molecule is Cc1oc(C)c(C(=O)NCCc2cnc[nH]2)c1C. The second-order valence-corrected chi connectivity index (χ2v) is 4.30. The van der Waals surface area contributed by atoms with Crippen LogP contribution in [0.5, 0.6) is 0 Å². The van der Waals surface area contributed by atoms with Crippen molar-refractivity contribution in [1.82, 2.24) is 15.3 Å². The summed E-state index contributed by atoms with van der Waals surface area (Å²) in [6.45, 7) is 6.15. The molecular formula is C13H17N3O2. The minimum atomic E-state index is -0.0821. The van der Waals surface area contributed by atoms with Crippen LogP contribution in [0.25, 0.3) is 0 Å². The molecule has 0 aromatic carbocycles. The quantitative estimate of drug-likeness (QED) is 0.866. The molecule has 96 valence electrons. The Morgan fingerprint density at radius 3 is 2.72 bits per heavy atom. The van der Waals surface area contributed by atoms with E-state index in [1.807, 2.05) is 20.8 Å². The lowest BCUT2D eigenvalue weighted by Crippen LogP contribution is -2.26. The fraction of sp³-hybridized carbons (Fsp3) is 0.385. The Hall–Kier alpha value is -2.04. The summed E-state index contributed by atoms with van der Waals surface area (Å²) in [7, 11) is 0. The first-order valence-electron chi connectivity index (χ1n) is 5.91. The van der Waals surface area contributed by atoms with Crippen LogP contribution in [0.2, 0.25) is 0 Å². The van der Waals surface area contributed by atoms with E-state index < -0.39 is 0 Å². The van der Waals surface area contributed by atoms with Gasteiger partial charge in [-0.25, -0.2) is 4.98 Å². The average molecular weight is 247 g/mol. The number of imidazole rings is 1. The van der Waals surface area contributed by atoms with Gasteiger partial charge >= 0.3 is 0 Å². The van der Waals surface area contributed by atoms with Gasteiger partial charge in [0.15, 0.2) is 0 Å². The Labute approximate surface area is 106 Å².